The average molecular weight is 250 g/mol. The van der Waals surface area contributed by atoms with Gasteiger partial charge in [0.05, 0.1) is 12.3 Å². The number of nitrogen functional groups attached to an aromatic ring is 1. The molecule has 1 atom stereocenters. The minimum atomic E-state index is 0.545. The van der Waals surface area contributed by atoms with Crippen LogP contribution < -0.4 is 15.4 Å². The molecule has 0 saturated carbocycles. The Labute approximate surface area is 109 Å². The first-order valence-corrected chi connectivity index (χ1v) is 6.42. The van der Waals surface area contributed by atoms with E-state index in [0.717, 1.165) is 18.9 Å². The van der Waals surface area contributed by atoms with Gasteiger partial charge >= 0.3 is 0 Å². The van der Waals surface area contributed by atoms with Crippen LogP contribution in [-0.2, 0) is 0 Å². The molecular weight excluding hydrogens is 228 g/mol. The van der Waals surface area contributed by atoms with Crippen molar-refractivity contribution in [2.75, 3.05) is 44.4 Å². The van der Waals surface area contributed by atoms with Crippen molar-refractivity contribution in [2.24, 2.45) is 0 Å². The molecule has 2 rings (SSSR count). The maximum absolute atomic E-state index is 5.84. The Morgan fingerprint density at radius 3 is 2.89 bits per heavy atom. The fourth-order valence-electron chi connectivity index (χ4n) is 2.24. The zero-order valence-electron chi connectivity index (χ0n) is 11.4. The number of nitrogens with zero attached hydrogens (tertiary/aromatic N) is 3. The second kappa shape index (κ2) is 5.44. The summed E-state index contributed by atoms with van der Waals surface area (Å²) in [7, 11) is 4.24. The first-order chi connectivity index (χ1) is 8.61. The first kappa shape index (κ1) is 13.0. The Morgan fingerprint density at radius 2 is 2.28 bits per heavy atom. The predicted molar refractivity (Wildman–Crippen MR) is 74.1 cm³/mol. The minimum absolute atomic E-state index is 0.545. The van der Waals surface area contributed by atoms with E-state index >= 15 is 0 Å². The van der Waals surface area contributed by atoms with Crippen LogP contribution in [0, 0.1) is 0 Å². The van der Waals surface area contributed by atoms with E-state index in [0.29, 0.717) is 24.2 Å². The molecule has 5 nitrogen and oxygen atoms in total. The highest BCUT2D eigenvalue weighted by atomic mass is 16.5. The molecule has 2 N–H and O–H groups in total. The Hall–Kier alpha value is -1.49. The van der Waals surface area contributed by atoms with Crippen molar-refractivity contribution in [1.29, 1.82) is 0 Å². The summed E-state index contributed by atoms with van der Waals surface area (Å²) in [4.78, 5) is 9.05. The summed E-state index contributed by atoms with van der Waals surface area (Å²) >= 11 is 0. The summed E-state index contributed by atoms with van der Waals surface area (Å²) in [5.74, 6) is 1.50. The molecule has 1 unspecified atom stereocenters. The molecule has 5 heteroatoms. The summed E-state index contributed by atoms with van der Waals surface area (Å²) in [5.41, 5.74) is 6.44. The summed E-state index contributed by atoms with van der Waals surface area (Å²) < 4.78 is 5.44. The van der Waals surface area contributed by atoms with Gasteiger partial charge in [-0.2, -0.15) is 4.98 Å². The lowest BCUT2D eigenvalue weighted by Crippen LogP contribution is -2.31. The molecule has 100 valence electrons. The molecule has 0 amide bonds. The molecule has 0 aliphatic carbocycles. The van der Waals surface area contributed by atoms with Crippen LogP contribution in [0.2, 0.25) is 0 Å². The lowest BCUT2D eigenvalue weighted by molar-refractivity contribution is 0.315. The number of anilines is 2. The van der Waals surface area contributed by atoms with Crippen LogP contribution in [-0.4, -0.2) is 49.7 Å². The van der Waals surface area contributed by atoms with E-state index in [4.69, 9.17) is 10.5 Å². The smallest absolute Gasteiger partial charge is 0.239 e. The highest BCUT2D eigenvalue weighted by molar-refractivity contribution is 5.55. The van der Waals surface area contributed by atoms with Crippen molar-refractivity contribution in [2.45, 2.75) is 19.4 Å². The first-order valence-electron chi connectivity index (χ1n) is 6.42. The fourth-order valence-corrected chi connectivity index (χ4v) is 2.24. The van der Waals surface area contributed by atoms with Crippen molar-refractivity contribution in [3.8, 4) is 5.88 Å². The van der Waals surface area contributed by atoms with E-state index < -0.39 is 0 Å². The van der Waals surface area contributed by atoms with Gasteiger partial charge in [0, 0.05) is 19.1 Å². The Morgan fingerprint density at radius 1 is 1.50 bits per heavy atom. The molecule has 1 aromatic heterocycles. The molecule has 2 heterocycles. The molecule has 1 fully saturated rings. The maximum atomic E-state index is 5.84. The lowest BCUT2D eigenvalue weighted by atomic mass is 10.2. The summed E-state index contributed by atoms with van der Waals surface area (Å²) in [6.07, 6.45) is 1.17. The van der Waals surface area contributed by atoms with Crippen LogP contribution in [0.3, 0.4) is 0 Å². The molecule has 1 aliphatic heterocycles. The van der Waals surface area contributed by atoms with Crippen LogP contribution in [0.1, 0.15) is 13.3 Å². The second-order valence-electron chi connectivity index (χ2n) is 4.85. The topological polar surface area (TPSA) is 54.6 Å². The van der Waals surface area contributed by atoms with Crippen molar-refractivity contribution in [1.82, 2.24) is 9.88 Å². The fraction of sp³-hybridized carbons (Fsp3) is 0.615. The number of nitrogens with two attached hydrogens (primary N) is 1. The quantitative estimate of drug-likeness (QED) is 0.870. The summed E-state index contributed by atoms with van der Waals surface area (Å²) in [6, 6.07) is 4.44. The normalized spacial score (nSPS) is 19.6. The van der Waals surface area contributed by atoms with E-state index in [9.17, 15) is 0 Å². The van der Waals surface area contributed by atoms with Gasteiger partial charge in [-0.05, 0) is 39.6 Å². The van der Waals surface area contributed by atoms with E-state index in [-0.39, 0.29) is 0 Å². The number of hydrogen-bond donors (Lipinski definition) is 1. The van der Waals surface area contributed by atoms with Crippen molar-refractivity contribution >= 4 is 11.5 Å². The highest BCUT2D eigenvalue weighted by Gasteiger charge is 2.25. The van der Waals surface area contributed by atoms with E-state index in [1.54, 1.807) is 0 Å². The standard InChI is InChI=1S/C13H22N4O/c1-4-18-13-11(14)5-6-12(15-13)17-8-7-10(9-17)16(2)3/h5-6,10H,4,7-9,14H2,1-3H3. The SMILES string of the molecule is CCOc1nc(N2CCC(N(C)C)C2)ccc1N. The summed E-state index contributed by atoms with van der Waals surface area (Å²) in [6.45, 7) is 4.56. The van der Waals surface area contributed by atoms with Gasteiger partial charge < -0.3 is 20.3 Å². The van der Waals surface area contributed by atoms with Crippen LogP contribution in [0.25, 0.3) is 0 Å². The number of ether oxygens (including phenoxy) is 1. The van der Waals surface area contributed by atoms with Crippen molar-refractivity contribution in [3.05, 3.63) is 12.1 Å². The van der Waals surface area contributed by atoms with Crippen LogP contribution in [0.5, 0.6) is 5.88 Å². The molecule has 0 radical (unpaired) electrons. The molecular formula is C13H22N4O. The second-order valence-corrected chi connectivity index (χ2v) is 4.85. The molecule has 1 aromatic rings. The molecule has 1 aliphatic rings. The van der Waals surface area contributed by atoms with Gasteiger partial charge in [-0.25, -0.2) is 0 Å². The average Bonchev–Trinajstić information content (AvgIpc) is 2.82. The maximum Gasteiger partial charge on any atom is 0.239 e. The monoisotopic (exact) mass is 250 g/mol. The lowest BCUT2D eigenvalue weighted by Gasteiger charge is -2.21. The number of rotatable bonds is 4. The van der Waals surface area contributed by atoms with Crippen molar-refractivity contribution in [3.63, 3.8) is 0 Å². The highest BCUT2D eigenvalue weighted by Crippen LogP contribution is 2.26. The predicted octanol–water partition coefficient (Wildman–Crippen LogP) is 1.20. The van der Waals surface area contributed by atoms with Gasteiger partial charge in [-0.3, -0.25) is 0 Å². The van der Waals surface area contributed by atoms with Crippen LogP contribution in [0.4, 0.5) is 11.5 Å². The van der Waals surface area contributed by atoms with E-state index in [1.165, 1.54) is 6.42 Å². The summed E-state index contributed by atoms with van der Waals surface area (Å²) in [5, 5.41) is 0. The molecule has 0 aromatic carbocycles. The third kappa shape index (κ3) is 2.67. The third-order valence-electron chi connectivity index (χ3n) is 3.37. The van der Waals surface area contributed by atoms with Crippen LogP contribution >= 0.6 is 0 Å². The van der Waals surface area contributed by atoms with Gasteiger partial charge in [-0.1, -0.05) is 0 Å². The Bertz CT molecular complexity index is 408. The number of likely N-dealkylation sites (N-methyl/N-ethyl adjacent to an activating group) is 1. The van der Waals surface area contributed by atoms with Crippen LogP contribution in [0.15, 0.2) is 12.1 Å². The molecule has 18 heavy (non-hydrogen) atoms. The van der Waals surface area contributed by atoms with Gasteiger partial charge in [0.15, 0.2) is 0 Å². The number of aromatic nitrogens is 1. The molecule has 1 saturated heterocycles. The van der Waals surface area contributed by atoms with Crippen molar-refractivity contribution < 1.29 is 4.74 Å². The number of hydrogen-bond acceptors (Lipinski definition) is 5. The Balaban J connectivity index is 2.12. The zero-order chi connectivity index (χ0) is 13.1. The van der Waals surface area contributed by atoms with Gasteiger partial charge in [0.1, 0.15) is 5.82 Å². The van der Waals surface area contributed by atoms with E-state index in [2.05, 4.69) is 28.9 Å². The zero-order valence-corrected chi connectivity index (χ0v) is 11.4. The van der Waals surface area contributed by atoms with Gasteiger partial charge in [0.25, 0.3) is 0 Å². The Kier molecular flexibility index (Phi) is 3.91. The molecule has 0 bridgehead atoms. The van der Waals surface area contributed by atoms with Gasteiger partial charge in [-0.15, -0.1) is 0 Å². The third-order valence-corrected chi connectivity index (χ3v) is 3.37. The molecule has 0 spiro atoms. The minimum Gasteiger partial charge on any atom is -0.476 e. The largest absolute Gasteiger partial charge is 0.476 e. The number of pyridine rings is 1. The van der Waals surface area contributed by atoms with E-state index in [1.807, 2.05) is 19.1 Å². The van der Waals surface area contributed by atoms with Gasteiger partial charge in [0.2, 0.25) is 5.88 Å².